The molecule has 0 spiro atoms. The topological polar surface area (TPSA) is 32.3 Å². The number of nitrogens with one attached hydrogen (secondary N) is 1. The predicted molar refractivity (Wildman–Crippen MR) is 85.0 cm³/mol. The monoisotopic (exact) mass is 292 g/mol. The van der Waals surface area contributed by atoms with Gasteiger partial charge >= 0.3 is 0 Å². The Morgan fingerprint density at radius 1 is 1.30 bits per heavy atom. The molecule has 1 aromatic carbocycles. The second-order valence-corrected chi connectivity index (χ2v) is 6.27. The van der Waals surface area contributed by atoms with Gasteiger partial charge in [-0.05, 0) is 25.0 Å². The minimum atomic E-state index is 0.269. The van der Waals surface area contributed by atoms with Gasteiger partial charge in [-0.15, -0.1) is 11.8 Å². The van der Waals surface area contributed by atoms with Crippen LogP contribution in [0.5, 0.6) is 0 Å². The molecular formula is C16H24N2OS. The summed E-state index contributed by atoms with van der Waals surface area (Å²) in [6, 6.07) is 10.9. The van der Waals surface area contributed by atoms with Crippen LogP contribution in [0.2, 0.25) is 0 Å². The van der Waals surface area contributed by atoms with Crippen LogP contribution in [0.15, 0.2) is 35.2 Å². The molecule has 1 aromatic rings. The summed E-state index contributed by atoms with van der Waals surface area (Å²) in [5.41, 5.74) is 0. The van der Waals surface area contributed by atoms with E-state index >= 15 is 0 Å². The first kappa shape index (κ1) is 15.4. The van der Waals surface area contributed by atoms with Gasteiger partial charge in [-0.3, -0.25) is 4.79 Å². The van der Waals surface area contributed by atoms with Crippen molar-refractivity contribution in [3.63, 3.8) is 0 Å². The number of hydrogen-bond donors (Lipinski definition) is 1. The molecule has 3 nitrogen and oxygen atoms in total. The van der Waals surface area contributed by atoms with E-state index in [-0.39, 0.29) is 5.91 Å². The maximum absolute atomic E-state index is 12.5. The number of amides is 1. The summed E-state index contributed by atoms with van der Waals surface area (Å²) < 4.78 is 0. The van der Waals surface area contributed by atoms with Crippen LogP contribution in [0.25, 0.3) is 0 Å². The van der Waals surface area contributed by atoms with Gasteiger partial charge in [0.25, 0.3) is 0 Å². The molecule has 2 rings (SSSR count). The first-order valence-corrected chi connectivity index (χ1v) is 8.43. The van der Waals surface area contributed by atoms with Crippen LogP contribution in [0.3, 0.4) is 0 Å². The average molecular weight is 292 g/mol. The average Bonchev–Trinajstić information content (AvgIpc) is 2.52. The van der Waals surface area contributed by atoms with Crippen molar-refractivity contribution in [2.24, 2.45) is 0 Å². The second-order valence-electron chi connectivity index (χ2n) is 5.22. The third-order valence-electron chi connectivity index (χ3n) is 3.89. The van der Waals surface area contributed by atoms with Crippen LogP contribution < -0.4 is 5.32 Å². The molecule has 2 atom stereocenters. The lowest BCUT2D eigenvalue weighted by molar-refractivity contribution is -0.132. The summed E-state index contributed by atoms with van der Waals surface area (Å²) in [5.74, 6) is 0.808. The Hall–Kier alpha value is -1.00. The summed E-state index contributed by atoms with van der Waals surface area (Å²) in [4.78, 5) is 15.7. The molecule has 1 amide bonds. The molecule has 0 aliphatic carbocycles. The molecule has 20 heavy (non-hydrogen) atoms. The van der Waals surface area contributed by atoms with Gasteiger partial charge in [-0.25, -0.2) is 0 Å². The van der Waals surface area contributed by atoms with E-state index in [0.717, 1.165) is 30.8 Å². The van der Waals surface area contributed by atoms with Gasteiger partial charge in [-0.1, -0.05) is 32.0 Å². The largest absolute Gasteiger partial charge is 0.336 e. The number of benzene rings is 1. The molecule has 0 radical (unpaired) electrons. The number of nitrogens with zero attached hydrogens (tertiary/aromatic N) is 1. The van der Waals surface area contributed by atoms with E-state index in [2.05, 4.69) is 36.2 Å². The van der Waals surface area contributed by atoms with Crippen LogP contribution >= 0.6 is 11.8 Å². The Balaban J connectivity index is 1.91. The molecule has 0 bridgehead atoms. The minimum Gasteiger partial charge on any atom is -0.336 e. The van der Waals surface area contributed by atoms with Crippen molar-refractivity contribution in [2.75, 3.05) is 18.8 Å². The van der Waals surface area contributed by atoms with E-state index < -0.39 is 0 Å². The molecule has 4 heteroatoms. The van der Waals surface area contributed by atoms with E-state index in [1.807, 2.05) is 18.2 Å². The zero-order chi connectivity index (χ0) is 14.4. The lowest BCUT2D eigenvalue weighted by Gasteiger charge is -2.40. The Morgan fingerprint density at radius 3 is 2.70 bits per heavy atom. The fourth-order valence-electron chi connectivity index (χ4n) is 2.55. The lowest BCUT2D eigenvalue weighted by Crippen LogP contribution is -2.58. The molecule has 2 unspecified atom stereocenters. The van der Waals surface area contributed by atoms with Crippen LogP contribution in [0, 0.1) is 0 Å². The third-order valence-corrected chi connectivity index (χ3v) is 4.89. The van der Waals surface area contributed by atoms with Gasteiger partial charge in [0.2, 0.25) is 5.91 Å². The van der Waals surface area contributed by atoms with Crippen LogP contribution in [0.1, 0.15) is 26.7 Å². The van der Waals surface area contributed by atoms with E-state index in [0.29, 0.717) is 17.8 Å². The number of thioether (sulfide) groups is 1. The molecule has 0 aromatic heterocycles. The van der Waals surface area contributed by atoms with E-state index in [4.69, 9.17) is 0 Å². The molecule has 0 saturated carbocycles. The molecule has 1 N–H and O–H groups in total. The van der Waals surface area contributed by atoms with E-state index in [1.165, 1.54) is 0 Å². The Labute approximate surface area is 126 Å². The zero-order valence-electron chi connectivity index (χ0n) is 12.3. The zero-order valence-corrected chi connectivity index (χ0v) is 13.2. The third kappa shape index (κ3) is 4.00. The van der Waals surface area contributed by atoms with Gasteiger partial charge in [-0.2, -0.15) is 0 Å². The summed E-state index contributed by atoms with van der Waals surface area (Å²) in [6.45, 7) is 6.11. The SMILES string of the molecule is CCC1CN(C(=O)CSc2ccccc2)C(CC)CN1. The molecule has 1 fully saturated rings. The van der Waals surface area contributed by atoms with Crippen molar-refractivity contribution >= 4 is 17.7 Å². The maximum Gasteiger partial charge on any atom is 0.233 e. The molecule has 1 aliphatic heterocycles. The fraction of sp³-hybridized carbons (Fsp3) is 0.562. The highest BCUT2D eigenvalue weighted by Crippen LogP contribution is 2.20. The van der Waals surface area contributed by atoms with Crippen LogP contribution in [-0.2, 0) is 4.79 Å². The van der Waals surface area contributed by atoms with Gasteiger partial charge in [0.1, 0.15) is 0 Å². The Kier molecular flexibility index (Phi) is 5.92. The first-order chi connectivity index (χ1) is 9.74. The minimum absolute atomic E-state index is 0.269. The maximum atomic E-state index is 12.5. The van der Waals surface area contributed by atoms with Gasteiger partial charge in [0.05, 0.1) is 5.75 Å². The van der Waals surface area contributed by atoms with Crippen molar-refractivity contribution in [2.45, 2.75) is 43.7 Å². The summed E-state index contributed by atoms with van der Waals surface area (Å²) in [5, 5.41) is 3.53. The van der Waals surface area contributed by atoms with Crippen molar-refractivity contribution in [3.05, 3.63) is 30.3 Å². The first-order valence-electron chi connectivity index (χ1n) is 7.45. The number of hydrogen-bond acceptors (Lipinski definition) is 3. The number of carbonyl (C=O) groups is 1. The number of rotatable bonds is 5. The van der Waals surface area contributed by atoms with Crippen molar-refractivity contribution < 1.29 is 4.79 Å². The van der Waals surface area contributed by atoms with E-state index in [9.17, 15) is 4.79 Å². The quantitative estimate of drug-likeness (QED) is 0.847. The van der Waals surface area contributed by atoms with Crippen LogP contribution in [-0.4, -0.2) is 41.7 Å². The molecule has 1 aliphatic rings. The normalized spacial score (nSPS) is 22.8. The molecule has 110 valence electrons. The highest BCUT2D eigenvalue weighted by Gasteiger charge is 2.29. The van der Waals surface area contributed by atoms with Gasteiger partial charge in [0, 0.05) is 30.1 Å². The number of carbonyl (C=O) groups excluding carboxylic acids is 1. The van der Waals surface area contributed by atoms with Gasteiger partial charge in [0.15, 0.2) is 0 Å². The Bertz CT molecular complexity index is 424. The van der Waals surface area contributed by atoms with Crippen molar-refractivity contribution in [1.82, 2.24) is 10.2 Å². The van der Waals surface area contributed by atoms with Crippen molar-refractivity contribution in [3.8, 4) is 0 Å². The smallest absolute Gasteiger partial charge is 0.233 e. The highest BCUT2D eigenvalue weighted by atomic mass is 32.2. The molecular weight excluding hydrogens is 268 g/mol. The summed E-state index contributed by atoms with van der Waals surface area (Å²) in [6.07, 6.45) is 2.09. The number of piperazine rings is 1. The lowest BCUT2D eigenvalue weighted by atomic mass is 10.1. The Morgan fingerprint density at radius 2 is 2.05 bits per heavy atom. The molecule has 1 saturated heterocycles. The predicted octanol–water partition coefficient (Wildman–Crippen LogP) is 2.77. The van der Waals surface area contributed by atoms with Crippen molar-refractivity contribution in [1.29, 1.82) is 0 Å². The standard InChI is InChI=1S/C16H24N2OS/c1-3-13-11-18(14(4-2)10-17-13)16(19)12-20-15-8-6-5-7-9-15/h5-9,13-14,17H,3-4,10-12H2,1-2H3. The molecule has 1 heterocycles. The summed E-state index contributed by atoms with van der Waals surface area (Å²) >= 11 is 1.63. The van der Waals surface area contributed by atoms with Gasteiger partial charge < -0.3 is 10.2 Å². The van der Waals surface area contributed by atoms with E-state index in [1.54, 1.807) is 11.8 Å². The highest BCUT2D eigenvalue weighted by molar-refractivity contribution is 8.00. The summed E-state index contributed by atoms with van der Waals surface area (Å²) in [7, 11) is 0. The fourth-order valence-corrected chi connectivity index (χ4v) is 3.36. The van der Waals surface area contributed by atoms with Crippen LogP contribution in [0.4, 0.5) is 0 Å². The second kappa shape index (κ2) is 7.70.